The van der Waals surface area contributed by atoms with Crippen LogP contribution in [0.3, 0.4) is 0 Å². The maximum Gasteiger partial charge on any atom is 0.291 e. The molecule has 0 fully saturated rings. The Hall–Kier alpha value is -3.86. The van der Waals surface area contributed by atoms with Crippen molar-refractivity contribution < 1.29 is 12.8 Å². The van der Waals surface area contributed by atoms with Gasteiger partial charge in [0.2, 0.25) is 15.0 Å². The van der Waals surface area contributed by atoms with Gasteiger partial charge in [0, 0.05) is 11.6 Å². The van der Waals surface area contributed by atoms with E-state index in [1.165, 1.54) is 28.0 Å². The summed E-state index contributed by atoms with van der Waals surface area (Å²) in [7, 11) is -3.76. The Morgan fingerprint density at radius 2 is 1.73 bits per heavy atom. The molecular formula is C23H16N4O4S2. The highest BCUT2D eigenvalue weighted by Crippen LogP contribution is 2.23. The topological polar surface area (TPSA) is 121 Å². The number of sulfonamides is 1. The van der Waals surface area contributed by atoms with Crippen molar-refractivity contribution in [3.63, 3.8) is 0 Å². The van der Waals surface area contributed by atoms with Crippen LogP contribution in [-0.2, 0) is 10.0 Å². The zero-order chi connectivity index (χ0) is 23.0. The summed E-state index contributed by atoms with van der Waals surface area (Å²) in [6, 6.07) is 19.3. The number of rotatable bonds is 5. The number of hydrogen-bond donors (Lipinski definition) is 1. The molecule has 10 heteroatoms. The molecule has 0 radical (unpaired) electrons. The molecule has 33 heavy (non-hydrogen) atoms. The summed E-state index contributed by atoms with van der Waals surface area (Å²) >= 11 is 1.22. The number of hydrogen-bond acceptors (Lipinski definition) is 7. The van der Waals surface area contributed by atoms with Crippen molar-refractivity contribution >= 4 is 44.5 Å². The molecule has 2 aromatic carbocycles. The predicted octanol–water partition coefficient (Wildman–Crippen LogP) is 2.78. The number of benzene rings is 2. The number of nitrogens with zero attached hydrogens (tertiary/aromatic N) is 3. The Kier molecular flexibility index (Phi) is 5.25. The maximum absolute atomic E-state index is 12.7. The zero-order valence-corrected chi connectivity index (χ0v) is 18.6. The van der Waals surface area contributed by atoms with Crippen LogP contribution in [0.15, 0.2) is 80.8 Å². The Morgan fingerprint density at radius 1 is 0.970 bits per heavy atom. The fraction of sp³-hybridized carbons (Fsp3) is 0. The number of primary sulfonamides is 1. The lowest BCUT2D eigenvalue weighted by Crippen LogP contribution is -2.23. The van der Waals surface area contributed by atoms with Crippen LogP contribution in [-0.4, -0.2) is 23.0 Å². The lowest BCUT2D eigenvalue weighted by Gasteiger charge is -2.00. The number of furan rings is 1. The fourth-order valence-electron chi connectivity index (χ4n) is 3.18. The molecule has 0 aliphatic rings. The molecule has 0 atom stereocenters. The highest BCUT2D eigenvalue weighted by atomic mass is 32.2. The molecule has 0 saturated carbocycles. The summed E-state index contributed by atoms with van der Waals surface area (Å²) in [5.41, 5.74) is 1.42. The van der Waals surface area contributed by atoms with Crippen molar-refractivity contribution in [2.45, 2.75) is 4.90 Å². The quantitative estimate of drug-likeness (QED) is 0.416. The van der Waals surface area contributed by atoms with Gasteiger partial charge in [-0.1, -0.05) is 47.7 Å². The second-order valence-corrected chi connectivity index (χ2v) is 9.67. The number of thiazole rings is 1. The molecule has 8 nitrogen and oxygen atoms in total. The Bertz CT molecular complexity index is 1700. The van der Waals surface area contributed by atoms with Crippen LogP contribution in [0.25, 0.3) is 34.5 Å². The van der Waals surface area contributed by atoms with E-state index in [0.29, 0.717) is 32.4 Å². The molecular weight excluding hydrogens is 460 g/mol. The van der Waals surface area contributed by atoms with Gasteiger partial charge in [0.25, 0.3) is 5.56 Å². The van der Waals surface area contributed by atoms with Gasteiger partial charge in [-0.05, 0) is 48.0 Å². The van der Waals surface area contributed by atoms with Crippen LogP contribution in [0.1, 0.15) is 17.1 Å². The van der Waals surface area contributed by atoms with Gasteiger partial charge in [-0.3, -0.25) is 4.79 Å². The third-order valence-corrected chi connectivity index (χ3v) is 6.68. The first-order valence-corrected chi connectivity index (χ1v) is 12.1. The summed E-state index contributed by atoms with van der Waals surface area (Å²) in [5.74, 6) is 1.46. The average Bonchev–Trinajstić information content (AvgIpc) is 3.50. The predicted molar refractivity (Wildman–Crippen MR) is 127 cm³/mol. The van der Waals surface area contributed by atoms with E-state index in [2.05, 4.69) is 10.1 Å². The minimum Gasteiger partial charge on any atom is -0.457 e. The second-order valence-electron chi connectivity index (χ2n) is 7.10. The Balaban J connectivity index is 1.41. The van der Waals surface area contributed by atoms with Gasteiger partial charge in [-0.15, -0.1) is 5.10 Å². The zero-order valence-electron chi connectivity index (χ0n) is 17.0. The summed E-state index contributed by atoms with van der Waals surface area (Å²) in [5, 5.41) is 9.40. The molecule has 2 N–H and O–H groups in total. The fourth-order valence-corrected chi connectivity index (χ4v) is 4.59. The second kappa shape index (κ2) is 8.24. The molecule has 0 bridgehead atoms. The number of fused-ring (bicyclic) bond motifs is 1. The largest absolute Gasteiger partial charge is 0.457 e. The Labute approximate surface area is 192 Å². The Morgan fingerprint density at radius 3 is 2.42 bits per heavy atom. The molecule has 5 rings (SSSR count). The van der Waals surface area contributed by atoms with Gasteiger partial charge in [0.15, 0.2) is 5.82 Å². The van der Waals surface area contributed by atoms with Gasteiger partial charge < -0.3 is 4.42 Å². The maximum atomic E-state index is 12.7. The lowest BCUT2D eigenvalue weighted by atomic mass is 10.2. The van der Waals surface area contributed by atoms with Crippen LogP contribution in [0.4, 0.5) is 0 Å². The minimum atomic E-state index is -3.76. The molecule has 5 aromatic rings. The summed E-state index contributed by atoms with van der Waals surface area (Å²) in [4.78, 5) is 17.7. The highest BCUT2D eigenvalue weighted by Gasteiger charge is 2.11. The molecule has 0 saturated heterocycles. The minimum absolute atomic E-state index is 0.0213. The average molecular weight is 477 g/mol. The van der Waals surface area contributed by atoms with Crippen molar-refractivity contribution in [3.05, 3.63) is 98.8 Å². The van der Waals surface area contributed by atoms with Crippen molar-refractivity contribution in [2.75, 3.05) is 0 Å². The van der Waals surface area contributed by atoms with E-state index in [0.717, 1.165) is 5.56 Å². The van der Waals surface area contributed by atoms with Crippen molar-refractivity contribution in [1.29, 1.82) is 0 Å². The van der Waals surface area contributed by atoms with E-state index in [9.17, 15) is 13.2 Å². The van der Waals surface area contributed by atoms with E-state index in [1.54, 1.807) is 36.4 Å². The van der Waals surface area contributed by atoms with E-state index in [-0.39, 0.29) is 10.5 Å². The first kappa shape index (κ1) is 21.0. The first-order valence-electron chi connectivity index (χ1n) is 9.74. The van der Waals surface area contributed by atoms with Crippen LogP contribution >= 0.6 is 11.3 Å². The van der Waals surface area contributed by atoms with Gasteiger partial charge in [-0.25, -0.2) is 13.6 Å². The summed E-state index contributed by atoms with van der Waals surface area (Å²) in [6.07, 6.45) is 5.28. The normalized spacial score (nSPS) is 12.8. The first-order chi connectivity index (χ1) is 15.9. The van der Waals surface area contributed by atoms with E-state index in [1.807, 2.05) is 36.4 Å². The molecule has 0 amide bonds. The van der Waals surface area contributed by atoms with E-state index < -0.39 is 10.0 Å². The number of aromatic nitrogens is 3. The lowest BCUT2D eigenvalue weighted by molar-refractivity contribution is 0.571. The van der Waals surface area contributed by atoms with E-state index in [4.69, 9.17) is 9.56 Å². The SMILES string of the molecule is NS(=O)(=O)c1ccc(-c2ccc(/C=c3\sc4nc(/C=C/c5ccccc5)nn4c3=O)o2)cc1. The van der Waals surface area contributed by atoms with Crippen LogP contribution in [0.5, 0.6) is 0 Å². The van der Waals surface area contributed by atoms with Crippen LogP contribution in [0, 0.1) is 0 Å². The monoisotopic (exact) mass is 476 g/mol. The number of nitrogens with two attached hydrogens (primary N) is 1. The van der Waals surface area contributed by atoms with Crippen molar-refractivity contribution in [1.82, 2.24) is 14.6 Å². The van der Waals surface area contributed by atoms with Crippen molar-refractivity contribution in [3.8, 4) is 11.3 Å². The highest BCUT2D eigenvalue weighted by molar-refractivity contribution is 7.89. The van der Waals surface area contributed by atoms with Crippen LogP contribution in [0.2, 0.25) is 0 Å². The summed E-state index contributed by atoms with van der Waals surface area (Å²) in [6.45, 7) is 0. The van der Waals surface area contributed by atoms with E-state index >= 15 is 0 Å². The summed E-state index contributed by atoms with van der Waals surface area (Å²) < 4.78 is 30.3. The molecule has 164 valence electrons. The molecule has 0 unspecified atom stereocenters. The van der Waals surface area contributed by atoms with Crippen molar-refractivity contribution in [2.24, 2.45) is 5.14 Å². The smallest absolute Gasteiger partial charge is 0.291 e. The van der Waals surface area contributed by atoms with Gasteiger partial charge in [0.05, 0.1) is 4.90 Å². The van der Waals surface area contributed by atoms with Gasteiger partial charge in [0.1, 0.15) is 16.1 Å². The molecule has 0 spiro atoms. The molecule has 3 heterocycles. The van der Waals surface area contributed by atoms with Crippen LogP contribution < -0.4 is 15.2 Å². The van der Waals surface area contributed by atoms with Gasteiger partial charge >= 0.3 is 0 Å². The standard InChI is InChI=1S/C23H16N4O4S2/c24-33(29,30)18-10-7-16(8-11-18)19-12-9-17(31-19)14-20-22(28)27-23(32-20)25-21(26-27)13-6-15-4-2-1-3-5-15/h1-14H,(H2,24,29,30)/b13-6+,20-14-. The molecule has 3 aromatic heterocycles. The molecule has 0 aliphatic heterocycles. The molecule has 0 aliphatic carbocycles. The third kappa shape index (κ3) is 4.40. The third-order valence-electron chi connectivity index (χ3n) is 4.79. The van der Waals surface area contributed by atoms with Gasteiger partial charge in [-0.2, -0.15) is 9.50 Å².